The number of hydrogen-bond donors (Lipinski definition) is 1. The highest BCUT2D eigenvalue weighted by atomic mass is 32.1. The van der Waals surface area contributed by atoms with Gasteiger partial charge in [0.1, 0.15) is 6.10 Å². The molecule has 1 aliphatic rings. The Morgan fingerprint density at radius 2 is 1.88 bits per heavy atom. The normalized spacial score (nSPS) is 19.8. The van der Waals surface area contributed by atoms with E-state index >= 15 is 0 Å². The lowest BCUT2D eigenvalue weighted by Gasteiger charge is -2.32. The average molecular weight is 361 g/mol. The molecule has 3 heterocycles. The zero-order chi connectivity index (χ0) is 18.4. The van der Waals surface area contributed by atoms with Crippen LogP contribution in [0.25, 0.3) is 0 Å². The fraction of sp³-hybridized carbons (Fsp3) is 0.529. The summed E-state index contributed by atoms with van der Waals surface area (Å²) < 4.78 is 18.1. The quantitative estimate of drug-likeness (QED) is 0.844. The number of nitrogens with two attached hydrogens (primary N) is 1. The summed E-state index contributed by atoms with van der Waals surface area (Å²) in [4.78, 5) is 8.70. The Labute approximate surface area is 152 Å². The van der Waals surface area contributed by atoms with Gasteiger partial charge in [0.25, 0.3) is 0 Å². The lowest BCUT2D eigenvalue weighted by atomic mass is 9.80. The van der Waals surface area contributed by atoms with Crippen LogP contribution in [0.4, 0.5) is 5.82 Å². The molecule has 0 radical (unpaired) electrons. The molecule has 2 N–H and O–H groups in total. The van der Waals surface area contributed by atoms with Crippen molar-refractivity contribution in [2.45, 2.75) is 58.8 Å². The molecule has 0 unspecified atom stereocenters. The molecule has 3 rings (SSSR count). The van der Waals surface area contributed by atoms with Crippen LogP contribution in [0.15, 0.2) is 17.6 Å². The molecule has 0 amide bonds. The standard InChI is InChI=1S/C17H24BN3O3S/c1-10(13-9-25-11(2)21-13)22-14-7-12(8-20-15(14)19)18-23-16(3,4)17(5,6)24-18/h7-10H,1-6H3,(H2,19,20)/t10-/m1/s1. The SMILES string of the molecule is Cc1nc([C@@H](C)Oc2cc(B3OC(C)(C)C(C)(C)O3)cnc2N)cs1. The minimum absolute atomic E-state index is 0.220. The van der Waals surface area contributed by atoms with Crippen LogP contribution in [0.2, 0.25) is 0 Å². The summed E-state index contributed by atoms with van der Waals surface area (Å²) >= 11 is 1.59. The molecule has 0 aromatic carbocycles. The molecule has 8 heteroatoms. The molecule has 25 heavy (non-hydrogen) atoms. The predicted molar refractivity (Wildman–Crippen MR) is 100 cm³/mol. The third kappa shape index (κ3) is 3.52. The van der Waals surface area contributed by atoms with Crippen molar-refractivity contribution in [2.24, 2.45) is 0 Å². The molecule has 1 saturated heterocycles. The van der Waals surface area contributed by atoms with E-state index in [2.05, 4.69) is 9.97 Å². The van der Waals surface area contributed by atoms with Crippen molar-refractivity contribution in [3.05, 3.63) is 28.3 Å². The van der Waals surface area contributed by atoms with Crippen molar-refractivity contribution in [1.29, 1.82) is 0 Å². The lowest BCUT2D eigenvalue weighted by molar-refractivity contribution is 0.00578. The van der Waals surface area contributed by atoms with Gasteiger partial charge in [-0.05, 0) is 47.6 Å². The first-order chi connectivity index (χ1) is 11.6. The molecule has 1 atom stereocenters. The number of anilines is 1. The third-order valence-electron chi connectivity index (χ3n) is 4.79. The van der Waals surface area contributed by atoms with Crippen molar-refractivity contribution >= 4 is 29.7 Å². The van der Waals surface area contributed by atoms with Crippen LogP contribution in [-0.2, 0) is 9.31 Å². The van der Waals surface area contributed by atoms with Gasteiger partial charge in [-0.3, -0.25) is 0 Å². The van der Waals surface area contributed by atoms with Gasteiger partial charge in [0.15, 0.2) is 11.6 Å². The van der Waals surface area contributed by atoms with E-state index in [1.54, 1.807) is 17.5 Å². The summed E-state index contributed by atoms with van der Waals surface area (Å²) in [5.41, 5.74) is 6.83. The number of pyridine rings is 1. The van der Waals surface area contributed by atoms with E-state index in [9.17, 15) is 0 Å². The Hall–Kier alpha value is -1.64. The highest BCUT2D eigenvalue weighted by Gasteiger charge is 2.52. The largest absolute Gasteiger partial charge is 0.496 e. The number of aromatic nitrogens is 2. The van der Waals surface area contributed by atoms with Gasteiger partial charge >= 0.3 is 7.12 Å². The first-order valence-electron chi connectivity index (χ1n) is 8.29. The Morgan fingerprint density at radius 1 is 1.24 bits per heavy atom. The summed E-state index contributed by atoms with van der Waals surface area (Å²) in [6.07, 6.45) is 1.45. The van der Waals surface area contributed by atoms with Gasteiger partial charge in [0, 0.05) is 17.0 Å². The van der Waals surface area contributed by atoms with Gasteiger partial charge in [0.05, 0.1) is 21.9 Å². The maximum absolute atomic E-state index is 6.07. The average Bonchev–Trinajstić information content (AvgIpc) is 3.03. The summed E-state index contributed by atoms with van der Waals surface area (Å²) in [5, 5.41) is 2.99. The summed E-state index contributed by atoms with van der Waals surface area (Å²) in [7, 11) is -0.503. The van der Waals surface area contributed by atoms with E-state index in [1.807, 2.05) is 53.0 Å². The second kappa shape index (κ2) is 6.27. The van der Waals surface area contributed by atoms with E-state index in [0.29, 0.717) is 11.6 Å². The molecule has 0 aliphatic carbocycles. The molecule has 1 aliphatic heterocycles. The van der Waals surface area contributed by atoms with Crippen LogP contribution >= 0.6 is 11.3 Å². The van der Waals surface area contributed by atoms with Gasteiger partial charge in [-0.2, -0.15) is 0 Å². The summed E-state index contributed by atoms with van der Waals surface area (Å²) in [6.45, 7) is 12.0. The van der Waals surface area contributed by atoms with Gasteiger partial charge in [0.2, 0.25) is 0 Å². The van der Waals surface area contributed by atoms with Gasteiger partial charge in [-0.1, -0.05) is 0 Å². The fourth-order valence-electron chi connectivity index (χ4n) is 2.49. The summed E-state index contributed by atoms with van der Waals surface area (Å²) in [6, 6.07) is 1.83. The minimum Gasteiger partial charge on any atom is -0.481 e. The van der Waals surface area contributed by atoms with Crippen LogP contribution in [0.3, 0.4) is 0 Å². The highest BCUT2D eigenvalue weighted by molar-refractivity contribution is 7.09. The number of ether oxygens (including phenoxy) is 1. The van der Waals surface area contributed by atoms with Gasteiger partial charge in [-0.15, -0.1) is 11.3 Å². The van der Waals surface area contributed by atoms with E-state index in [-0.39, 0.29) is 6.10 Å². The van der Waals surface area contributed by atoms with Crippen molar-refractivity contribution in [2.75, 3.05) is 5.73 Å². The second-order valence-electron chi connectivity index (χ2n) is 7.29. The number of nitrogen functional groups attached to an aromatic ring is 1. The Morgan fingerprint density at radius 3 is 2.44 bits per heavy atom. The van der Waals surface area contributed by atoms with Crippen LogP contribution in [0.5, 0.6) is 5.75 Å². The van der Waals surface area contributed by atoms with E-state index in [1.165, 1.54) is 0 Å². The molecule has 134 valence electrons. The summed E-state index contributed by atoms with van der Waals surface area (Å²) in [5.74, 6) is 0.837. The van der Waals surface area contributed by atoms with Crippen molar-refractivity contribution in [3.8, 4) is 5.75 Å². The van der Waals surface area contributed by atoms with Crippen LogP contribution in [-0.4, -0.2) is 28.3 Å². The van der Waals surface area contributed by atoms with Crippen LogP contribution in [0, 0.1) is 6.92 Å². The zero-order valence-electron chi connectivity index (χ0n) is 15.5. The molecule has 2 aromatic rings. The predicted octanol–water partition coefficient (Wildman–Crippen LogP) is 2.87. The zero-order valence-corrected chi connectivity index (χ0v) is 16.3. The Bertz CT molecular complexity index is 762. The smallest absolute Gasteiger partial charge is 0.481 e. The monoisotopic (exact) mass is 361 g/mol. The van der Waals surface area contributed by atoms with Crippen LogP contribution in [0.1, 0.15) is 51.4 Å². The molecule has 6 nitrogen and oxygen atoms in total. The first-order valence-corrected chi connectivity index (χ1v) is 9.17. The molecular weight excluding hydrogens is 337 g/mol. The lowest BCUT2D eigenvalue weighted by Crippen LogP contribution is -2.41. The number of aryl methyl sites for hydroxylation is 1. The van der Waals surface area contributed by atoms with E-state index in [4.69, 9.17) is 19.8 Å². The maximum atomic E-state index is 6.07. The molecule has 2 aromatic heterocycles. The molecule has 1 fully saturated rings. The second-order valence-corrected chi connectivity index (χ2v) is 8.35. The van der Waals surface area contributed by atoms with E-state index in [0.717, 1.165) is 16.2 Å². The molecule has 0 spiro atoms. The number of rotatable bonds is 4. The van der Waals surface area contributed by atoms with E-state index < -0.39 is 18.3 Å². The molecule has 0 bridgehead atoms. The van der Waals surface area contributed by atoms with Gasteiger partial charge in [-0.25, -0.2) is 9.97 Å². The number of nitrogens with zero attached hydrogens (tertiary/aromatic N) is 2. The molecular formula is C17H24BN3O3S. The maximum Gasteiger partial charge on any atom is 0.496 e. The van der Waals surface area contributed by atoms with Crippen molar-refractivity contribution in [1.82, 2.24) is 9.97 Å². The Balaban J connectivity index is 1.82. The van der Waals surface area contributed by atoms with Crippen molar-refractivity contribution in [3.63, 3.8) is 0 Å². The van der Waals surface area contributed by atoms with Gasteiger partial charge < -0.3 is 19.8 Å². The molecule has 0 saturated carbocycles. The third-order valence-corrected chi connectivity index (χ3v) is 5.58. The number of thiazole rings is 1. The highest BCUT2D eigenvalue weighted by Crippen LogP contribution is 2.37. The first kappa shape index (κ1) is 18.2. The van der Waals surface area contributed by atoms with Crippen LogP contribution < -0.4 is 15.9 Å². The fourth-order valence-corrected chi connectivity index (χ4v) is 3.18. The van der Waals surface area contributed by atoms with Crippen molar-refractivity contribution < 1.29 is 14.0 Å². The number of hydrogen-bond acceptors (Lipinski definition) is 7. The Kier molecular flexibility index (Phi) is 4.55. The topological polar surface area (TPSA) is 79.5 Å². The minimum atomic E-state index is -0.503.